The second kappa shape index (κ2) is 21.9. The van der Waals surface area contributed by atoms with Gasteiger partial charge in [-0.15, -0.1) is 0 Å². The Bertz CT molecular complexity index is 2550. The lowest BCUT2D eigenvalue weighted by atomic mass is 9.78. The molecule has 6 rings (SSSR count). The Kier molecular flexibility index (Phi) is 16.9. The van der Waals surface area contributed by atoms with Crippen molar-refractivity contribution in [2.45, 2.75) is 124 Å². The van der Waals surface area contributed by atoms with E-state index in [9.17, 15) is 39.6 Å². The van der Waals surface area contributed by atoms with Crippen LogP contribution < -0.4 is 26.1 Å². The van der Waals surface area contributed by atoms with Gasteiger partial charge in [0.1, 0.15) is 40.4 Å². The van der Waals surface area contributed by atoms with Crippen molar-refractivity contribution in [3.63, 3.8) is 0 Å². The lowest BCUT2D eigenvalue weighted by molar-refractivity contribution is -0.164. The molecular formula is C52H74N6O12. The first-order valence-corrected chi connectivity index (χ1v) is 24.4. The Morgan fingerprint density at radius 2 is 1.67 bits per heavy atom. The zero-order chi connectivity index (χ0) is 51.6. The molecule has 4 aliphatic heterocycles. The monoisotopic (exact) mass is 975 g/mol. The summed E-state index contributed by atoms with van der Waals surface area (Å²) in [5.41, 5.74) is -0.240. The molecular weight excluding hydrogens is 901 g/mol. The van der Waals surface area contributed by atoms with Crippen LogP contribution in [0.3, 0.4) is 0 Å². The molecule has 9 atom stereocenters. The topological polar surface area (TPSA) is 241 Å². The largest absolute Gasteiger partial charge is 0.507 e. The van der Waals surface area contributed by atoms with Crippen molar-refractivity contribution in [1.29, 1.82) is 0 Å². The van der Waals surface area contributed by atoms with Gasteiger partial charge in [-0.1, -0.05) is 59.8 Å². The van der Waals surface area contributed by atoms with Gasteiger partial charge in [0.2, 0.25) is 5.91 Å². The standard InChI is InChI=1S/C52H74N6O12/c1-27(2)26-58-22-18-52(19-23-58)55-40-37-38-45(63)33(8)48-39(37)49(65)51(9,70-48)68-24-17-34(67-12)30(5)47(69-36(60)25-35(59)53-20-14-21-57(10)11)32(7)44(62)31(6)43(61)28(3)15-13-16-29(4)50(66)54-42(46(38)64)41(40)56-52/h13,15-17,24,27-28,30-32,34,43-44,47,55,61-64H,14,18-23,25-26H2,1-12H3,(H,53,59)/b15-13+,24-17+,29-16-,54-42?/t28-,30+,31+,32+,34-,43-,44+,47+,51-/m0/s1. The fraction of sp³-hybridized carbons (Fsp3) is 0.615. The van der Waals surface area contributed by atoms with Crippen LogP contribution in [0, 0.1) is 36.5 Å². The number of aromatic hydroxyl groups is 2. The number of fused-ring (bicyclic) bond motifs is 1. The highest BCUT2D eigenvalue weighted by Gasteiger charge is 2.51. The summed E-state index contributed by atoms with van der Waals surface area (Å²) >= 11 is 0. The average molecular weight is 975 g/mol. The van der Waals surface area contributed by atoms with Crippen LogP contribution >= 0.6 is 0 Å². The van der Waals surface area contributed by atoms with E-state index in [-0.39, 0.29) is 43.9 Å². The smallest absolute Gasteiger partial charge is 0.315 e. The number of carbonyl (C=O) groups is 4. The zero-order valence-electron chi connectivity index (χ0n) is 42.8. The Morgan fingerprint density at radius 1 is 0.986 bits per heavy atom. The van der Waals surface area contributed by atoms with Gasteiger partial charge < -0.3 is 59.8 Å². The summed E-state index contributed by atoms with van der Waals surface area (Å²) in [4.78, 5) is 69.1. The summed E-state index contributed by atoms with van der Waals surface area (Å²) in [6, 6.07) is 0. The van der Waals surface area contributed by atoms with E-state index in [1.165, 1.54) is 32.4 Å². The number of methoxy groups -OCH3 is 1. The van der Waals surface area contributed by atoms with Crippen LogP contribution in [0.15, 0.2) is 46.1 Å². The number of benzene rings is 2. The van der Waals surface area contributed by atoms with Crippen molar-refractivity contribution in [1.82, 2.24) is 15.1 Å². The first-order valence-electron chi connectivity index (χ1n) is 24.4. The molecule has 0 aliphatic carbocycles. The fourth-order valence-electron chi connectivity index (χ4n) is 10.1. The van der Waals surface area contributed by atoms with Crippen LogP contribution in [0.1, 0.15) is 97.0 Å². The third kappa shape index (κ3) is 11.2. The van der Waals surface area contributed by atoms with Gasteiger partial charge in [0.05, 0.1) is 41.2 Å². The highest BCUT2D eigenvalue weighted by atomic mass is 16.7. The quantitative estimate of drug-likeness (QED) is 0.0847. The van der Waals surface area contributed by atoms with E-state index in [0.29, 0.717) is 50.5 Å². The molecule has 6 N–H and O–H groups in total. The van der Waals surface area contributed by atoms with Gasteiger partial charge in [-0.25, -0.2) is 4.99 Å². The number of phenolic OH excluding ortho intramolecular Hbond substituents is 2. The molecule has 4 heterocycles. The number of likely N-dealkylation sites (tertiary alicyclic amines) is 1. The number of nitrogens with zero attached hydrogens (tertiary/aromatic N) is 4. The minimum atomic E-state index is -2.01. The predicted octanol–water partition coefficient (Wildman–Crippen LogP) is 4.19. The van der Waals surface area contributed by atoms with Gasteiger partial charge in [-0.3, -0.25) is 24.2 Å². The molecule has 1 spiro atoms. The highest BCUT2D eigenvalue weighted by Crippen LogP contribution is 2.51. The van der Waals surface area contributed by atoms with Crippen LogP contribution in [0.5, 0.6) is 17.2 Å². The Morgan fingerprint density at radius 3 is 2.31 bits per heavy atom. The van der Waals surface area contributed by atoms with Crippen molar-refractivity contribution in [2.24, 2.45) is 39.6 Å². The van der Waals surface area contributed by atoms with E-state index < -0.39 is 101 Å². The molecule has 0 radical (unpaired) electrons. The summed E-state index contributed by atoms with van der Waals surface area (Å²) < 4.78 is 24.4. The molecule has 4 aliphatic rings. The highest BCUT2D eigenvalue weighted by molar-refractivity contribution is 6.21. The van der Waals surface area contributed by atoms with E-state index in [1.807, 2.05) is 19.0 Å². The van der Waals surface area contributed by atoms with Gasteiger partial charge >= 0.3 is 11.8 Å². The fourth-order valence-corrected chi connectivity index (χ4v) is 10.1. The number of esters is 1. The van der Waals surface area contributed by atoms with E-state index in [2.05, 4.69) is 34.4 Å². The van der Waals surface area contributed by atoms with E-state index in [0.717, 1.165) is 13.1 Å². The van der Waals surface area contributed by atoms with Crippen molar-refractivity contribution in [2.75, 3.05) is 59.2 Å². The van der Waals surface area contributed by atoms with Gasteiger partial charge in [0.25, 0.3) is 11.7 Å². The van der Waals surface area contributed by atoms with Crippen molar-refractivity contribution >= 4 is 40.0 Å². The maximum atomic E-state index is 14.9. The molecule has 18 nitrogen and oxygen atoms in total. The predicted molar refractivity (Wildman–Crippen MR) is 263 cm³/mol. The number of aliphatic hydroxyl groups is 2. The van der Waals surface area contributed by atoms with Crippen molar-refractivity contribution in [3.05, 3.63) is 58.0 Å². The molecule has 0 unspecified atom stereocenters. The van der Waals surface area contributed by atoms with Crippen LogP contribution in [0.25, 0.3) is 10.8 Å². The number of Topliss-reactive ketones (excluding diaryl/α,β-unsaturated/α-hetero) is 1. The average Bonchev–Trinajstić information content (AvgIpc) is 3.81. The maximum Gasteiger partial charge on any atom is 0.315 e. The third-order valence-corrected chi connectivity index (χ3v) is 14.3. The molecule has 18 heteroatoms. The zero-order valence-corrected chi connectivity index (χ0v) is 42.8. The van der Waals surface area contributed by atoms with E-state index >= 15 is 0 Å². The maximum absolute atomic E-state index is 14.9. The summed E-state index contributed by atoms with van der Waals surface area (Å²) in [5.74, 6) is -8.01. The number of phenols is 2. The Hall–Kier alpha value is -5.40. The molecule has 0 saturated carbocycles. The normalized spacial score (nSPS) is 30.0. The van der Waals surface area contributed by atoms with Crippen LogP contribution in [-0.4, -0.2) is 144 Å². The number of aliphatic hydroxyl groups excluding tert-OH is 2. The molecule has 4 bridgehead atoms. The van der Waals surface area contributed by atoms with E-state index in [1.54, 1.807) is 53.7 Å². The minimum Gasteiger partial charge on any atom is -0.507 e. The Balaban J connectivity index is 1.45. The molecule has 2 aromatic rings. The molecule has 70 heavy (non-hydrogen) atoms. The number of hydrogen-bond acceptors (Lipinski definition) is 16. The molecule has 1 fully saturated rings. The summed E-state index contributed by atoms with van der Waals surface area (Å²) in [7, 11) is 5.28. The first-order chi connectivity index (χ1) is 32.9. The lowest BCUT2D eigenvalue weighted by Crippen LogP contribution is -2.47. The number of hydrogen-bond donors (Lipinski definition) is 6. The minimum absolute atomic E-state index is 0.0249. The SMILES string of the molecule is CO[C@H]1/C=C/O[C@@]2(C)Oc3c(C)c(O)c4c(O)c(c5c(c4c3C2=O)NC2(CCN(CC(C)C)CC2)N=5)=NC(=O)/C(C)=C\C=C\[C@H](C)[C@H](O)[C@@H](C)[C@@H](O)[C@@H](C)[C@H](OC(=O)CC(=O)NCCCN(C)C)[C@@H]1C. The molecule has 2 amide bonds. The summed E-state index contributed by atoms with van der Waals surface area (Å²) in [6.07, 6.45) is 4.50. The van der Waals surface area contributed by atoms with Crippen LogP contribution in [0.4, 0.5) is 5.69 Å². The summed E-state index contributed by atoms with van der Waals surface area (Å²) in [5, 5.41) is 53.9. The molecule has 1 saturated heterocycles. The lowest BCUT2D eigenvalue weighted by Gasteiger charge is -2.38. The molecule has 384 valence electrons. The number of piperidine rings is 1. The molecule has 2 aromatic carbocycles. The first kappa shape index (κ1) is 53.9. The molecule has 0 aromatic heterocycles. The van der Waals surface area contributed by atoms with Crippen molar-refractivity contribution < 1.29 is 58.6 Å². The van der Waals surface area contributed by atoms with Gasteiger partial charge in [-0.2, -0.15) is 0 Å². The van der Waals surface area contributed by atoms with Gasteiger partial charge in [-0.05, 0) is 52.9 Å². The number of rotatable bonds is 10. The Labute approximate surface area is 410 Å². The summed E-state index contributed by atoms with van der Waals surface area (Å²) in [6.45, 7) is 19.1. The number of amides is 2. The number of carbonyl (C=O) groups excluding carboxylic acids is 4. The van der Waals surface area contributed by atoms with Gasteiger partial charge in [0, 0.05) is 93.2 Å². The second-order valence-electron chi connectivity index (χ2n) is 20.5. The van der Waals surface area contributed by atoms with Gasteiger partial charge in [0.15, 0.2) is 5.75 Å². The van der Waals surface area contributed by atoms with Crippen LogP contribution in [0.2, 0.25) is 0 Å². The second-order valence-corrected chi connectivity index (χ2v) is 20.5. The van der Waals surface area contributed by atoms with Crippen molar-refractivity contribution in [3.8, 4) is 17.2 Å². The number of ether oxygens (including phenoxy) is 4. The van der Waals surface area contributed by atoms with Crippen LogP contribution in [-0.2, 0) is 28.6 Å². The number of nitrogens with one attached hydrogen (secondary N) is 2. The number of ketones is 1. The number of allylic oxidation sites excluding steroid dienone is 2. The third-order valence-electron chi connectivity index (χ3n) is 14.3. The number of anilines is 1. The van der Waals surface area contributed by atoms with E-state index in [4.69, 9.17) is 23.9 Å².